The summed E-state index contributed by atoms with van der Waals surface area (Å²) in [5.74, 6) is 0.712. The van der Waals surface area contributed by atoms with Crippen molar-refractivity contribution in [2.75, 3.05) is 0 Å². The van der Waals surface area contributed by atoms with Gasteiger partial charge in [0.15, 0.2) is 5.76 Å². The Hall–Kier alpha value is -2.42. The van der Waals surface area contributed by atoms with Crippen molar-refractivity contribution < 1.29 is 4.52 Å². The Bertz CT molecular complexity index is 773. The normalized spacial score (nSPS) is 12.4. The van der Waals surface area contributed by atoms with E-state index in [2.05, 4.69) is 100 Å². The molecule has 0 aliphatic carbocycles. The summed E-state index contributed by atoms with van der Waals surface area (Å²) in [5.41, 5.74) is 5.64. The van der Waals surface area contributed by atoms with Gasteiger partial charge in [-0.25, -0.2) is 0 Å². The van der Waals surface area contributed by atoms with Crippen LogP contribution in [-0.4, -0.2) is 10.4 Å². The average molecular weight is 334 g/mol. The maximum atomic E-state index is 5.47. The molecule has 1 heterocycles. The van der Waals surface area contributed by atoms with Crippen LogP contribution in [0.3, 0.4) is 0 Å². The van der Waals surface area contributed by atoms with E-state index in [9.17, 15) is 0 Å². The number of hydrogen-bond acceptors (Lipinski definition) is 3. The Kier molecular flexibility index (Phi) is 4.28. The topological polar surface area (TPSA) is 38.9 Å². The van der Waals surface area contributed by atoms with Gasteiger partial charge in [0, 0.05) is 16.4 Å². The molecule has 0 saturated heterocycles. The molecule has 2 aromatic carbocycles. The molecular formula is C22H26N2O. The second-order valence-electron chi connectivity index (χ2n) is 8.61. The van der Waals surface area contributed by atoms with E-state index >= 15 is 0 Å². The largest absolute Gasteiger partial charge is 0.336 e. The molecule has 0 fully saturated rings. The summed E-state index contributed by atoms with van der Waals surface area (Å²) >= 11 is 0. The molecule has 0 amide bonds. The molecule has 3 heteroatoms. The predicted molar refractivity (Wildman–Crippen MR) is 103 cm³/mol. The van der Waals surface area contributed by atoms with Gasteiger partial charge in [-0.05, 0) is 22.0 Å². The van der Waals surface area contributed by atoms with Crippen LogP contribution in [0.5, 0.6) is 0 Å². The molecule has 0 atom stereocenters. The van der Waals surface area contributed by atoms with Gasteiger partial charge < -0.3 is 4.52 Å². The molecule has 0 aliphatic rings. The lowest BCUT2D eigenvalue weighted by molar-refractivity contribution is 0.403. The zero-order valence-electron chi connectivity index (χ0n) is 15.9. The molecule has 0 unspecified atom stereocenters. The zero-order valence-corrected chi connectivity index (χ0v) is 15.9. The highest BCUT2D eigenvalue weighted by Gasteiger charge is 2.18. The highest BCUT2D eigenvalue weighted by molar-refractivity contribution is 5.76. The van der Waals surface area contributed by atoms with Crippen molar-refractivity contribution in [2.45, 2.75) is 52.4 Å². The summed E-state index contributed by atoms with van der Waals surface area (Å²) in [6, 6.07) is 16.9. The van der Waals surface area contributed by atoms with E-state index in [4.69, 9.17) is 4.52 Å². The number of nitrogens with zero attached hydrogens (tertiary/aromatic N) is 2. The fourth-order valence-electron chi connectivity index (χ4n) is 2.82. The van der Waals surface area contributed by atoms with Crippen LogP contribution in [0.1, 0.15) is 52.7 Å². The fourth-order valence-corrected chi connectivity index (χ4v) is 2.82. The molecular weight excluding hydrogens is 308 g/mol. The average Bonchev–Trinajstić information content (AvgIpc) is 3.03. The minimum atomic E-state index is 0.129. The second kappa shape index (κ2) is 6.14. The van der Waals surface area contributed by atoms with Gasteiger partial charge in [0.1, 0.15) is 5.69 Å². The highest BCUT2D eigenvalue weighted by Crippen LogP contribution is 2.33. The Labute approximate surface area is 150 Å². The summed E-state index contributed by atoms with van der Waals surface area (Å²) in [6.45, 7) is 13.3. The van der Waals surface area contributed by atoms with Gasteiger partial charge in [-0.15, -0.1) is 5.10 Å². The Morgan fingerprint density at radius 1 is 0.640 bits per heavy atom. The molecule has 0 aliphatic heterocycles. The van der Waals surface area contributed by atoms with E-state index in [0.717, 1.165) is 16.8 Å². The third-order valence-electron chi connectivity index (χ3n) is 4.53. The van der Waals surface area contributed by atoms with Gasteiger partial charge in [0.2, 0.25) is 0 Å². The molecule has 0 radical (unpaired) electrons. The zero-order chi connectivity index (χ0) is 18.2. The van der Waals surface area contributed by atoms with E-state index in [1.807, 2.05) is 0 Å². The molecule has 3 nitrogen and oxygen atoms in total. The predicted octanol–water partition coefficient (Wildman–Crippen LogP) is 6.00. The molecule has 0 N–H and O–H groups in total. The van der Waals surface area contributed by atoms with E-state index in [-0.39, 0.29) is 10.8 Å². The van der Waals surface area contributed by atoms with Gasteiger partial charge in [-0.1, -0.05) is 90.1 Å². The number of hydrogen-bond donors (Lipinski definition) is 0. The molecule has 3 rings (SSSR count). The maximum absolute atomic E-state index is 5.47. The van der Waals surface area contributed by atoms with Gasteiger partial charge in [0.05, 0.1) is 0 Å². The van der Waals surface area contributed by atoms with Crippen molar-refractivity contribution in [1.82, 2.24) is 10.4 Å². The molecule has 3 aromatic rings. The smallest absolute Gasteiger partial charge is 0.195 e. The third-order valence-corrected chi connectivity index (χ3v) is 4.53. The number of rotatable bonds is 2. The molecule has 0 spiro atoms. The van der Waals surface area contributed by atoms with Crippen molar-refractivity contribution in [3.05, 3.63) is 59.7 Å². The first-order chi connectivity index (χ1) is 11.7. The fraction of sp³-hybridized carbons (Fsp3) is 0.364. The first kappa shape index (κ1) is 17.4. The lowest BCUT2D eigenvalue weighted by atomic mass is 9.86. The van der Waals surface area contributed by atoms with Crippen molar-refractivity contribution in [3.63, 3.8) is 0 Å². The van der Waals surface area contributed by atoms with E-state index in [0.29, 0.717) is 5.76 Å². The van der Waals surface area contributed by atoms with Crippen molar-refractivity contribution in [1.29, 1.82) is 0 Å². The minimum absolute atomic E-state index is 0.129. The SMILES string of the molecule is CC(C)(C)c1ccc(-c2nnoc2-c2ccc(C(C)(C)C)cc2)cc1. The van der Waals surface area contributed by atoms with Gasteiger partial charge >= 0.3 is 0 Å². The highest BCUT2D eigenvalue weighted by atomic mass is 16.5. The third kappa shape index (κ3) is 3.65. The van der Waals surface area contributed by atoms with Crippen molar-refractivity contribution in [2.24, 2.45) is 0 Å². The molecule has 1 aromatic heterocycles. The summed E-state index contributed by atoms with van der Waals surface area (Å²) < 4.78 is 5.47. The summed E-state index contributed by atoms with van der Waals surface area (Å²) in [5, 5.41) is 8.00. The van der Waals surface area contributed by atoms with Crippen LogP contribution in [0, 0.1) is 0 Å². The minimum Gasteiger partial charge on any atom is -0.336 e. The van der Waals surface area contributed by atoms with Gasteiger partial charge in [-0.3, -0.25) is 0 Å². The molecule has 0 saturated carbocycles. The Balaban J connectivity index is 1.96. The van der Waals surface area contributed by atoms with Crippen LogP contribution in [0.2, 0.25) is 0 Å². The lowest BCUT2D eigenvalue weighted by Gasteiger charge is -2.19. The van der Waals surface area contributed by atoms with Gasteiger partial charge in [0.25, 0.3) is 0 Å². The van der Waals surface area contributed by atoms with E-state index < -0.39 is 0 Å². The van der Waals surface area contributed by atoms with Crippen molar-refractivity contribution in [3.8, 4) is 22.6 Å². The Morgan fingerprint density at radius 3 is 1.52 bits per heavy atom. The summed E-state index contributed by atoms with van der Waals surface area (Å²) in [6.07, 6.45) is 0. The molecule has 130 valence electrons. The van der Waals surface area contributed by atoms with Crippen LogP contribution in [-0.2, 0) is 10.8 Å². The monoisotopic (exact) mass is 334 g/mol. The van der Waals surface area contributed by atoms with Gasteiger partial charge in [-0.2, -0.15) is 0 Å². The van der Waals surface area contributed by atoms with Crippen LogP contribution in [0.4, 0.5) is 0 Å². The second-order valence-corrected chi connectivity index (χ2v) is 8.61. The first-order valence-corrected chi connectivity index (χ1v) is 8.70. The van der Waals surface area contributed by atoms with E-state index in [1.165, 1.54) is 11.1 Å². The molecule has 25 heavy (non-hydrogen) atoms. The van der Waals surface area contributed by atoms with Crippen molar-refractivity contribution >= 4 is 0 Å². The quantitative estimate of drug-likeness (QED) is 0.577. The standard InChI is InChI=1S/C22H26N2O/c1-21(2,3)17-11-7-15(8-12-17)19-20(25-24-23-19)16-9-13-18(14-10-16)22(4,5)6/h7-14H,1-6H3. The van der Waals surface area contributed by atoms with Crippen LogP contribution in [0.15, 0.2) is 53.1 Å². The summed E-state index contributed by atoms with van der Waals surface area (Å²) in [4.78, 5) is 0. The van der Waals surface area contributed by atoms with E-state index in [1.54, 1.807) is 0 Å². The molecule has 0 bridgehead atoms. The van der Waals surface area contributed by atoms with Crippen LogP contribution in [0.25, 0.3) is 22.6 Å². The number of benzene rings is 2. The van der Waals surface area contributed by atoms with Crippen LogP contribution < -0.4 is 0 Å². The Morgan fingerprint density at radius 2 is 1.08 bits per heavy atom. The lowest BCUT2D eigenvalue weighted by Crippen LogP contribution is -2.10. The number of aromatic nitrogens is 2. The summed E-state index contributed by atoms with van der Waals surface area (Å²) in [7, 11) is 0. The van der Waals surface area contributed by atoms with Crippen LogP contribution >= 0.6 is 0 Å². The first-order valence-electron chi connectivity index (χ1n) is 8.70. The maximum Gasteiger partial charge on any atom is 0.195 e.